The van der Waals surface area contributed by atoms with Crippen LogP contribution in [0, 0.1) is 5.82 Å². The van der Waals surface area contributed by atoms with Crippen molar-refractivity contribution in [2.45, 2.75) is 57.1 Å². The third kappa shape index (κ3) is 2.28. The van der Waals surface area contributed by atoms with Crippen LogP contribution >= 0.6 is 11.6 Å². The molecule has 108 valence electrons. The summed E-state index contributed by atoms with van der Waals surface area (Å²) in [6.45, 7) is 8.19. The maximum Gasteiger partial charge on any atom is 0.461 e. The van der Waals surface area contributed by atoms with Gasteiger partial charge in [-0.05, 0) is 57.7 Å². The minimum Gasteiger partial charge on any atom is -0.403 e. The fraction of sp³-hybridized carbons (Fsp3) is 0.600. The lowest BCUT2D eigenvalue weighted by Crippen LogP contribution is -2.41. The minimum absolute atomic E-state index is 0.168. The first-order chi connectivity index (χ1) is 9.21. The summed E-state index contributed by atoms with van der Waals surface area (Å²) in [5, 5.41) is 0.168. The van der Waals surface area contributed by atoms with Gasteiger partial charge in [0.05, 0.1) is 16.2 Å². The summed E-state index contributed by atoms with van der Waals surface area (Å²) < 4.78 is 25.6. The molecule has 1 aromatic carbocycles. The zero-order valence-electron chi connectivity index (χ0n) is 12.2. The van der Waals surface area contributed by atoms with Gasteiger partial charge < -0.3 is 9.31 Å². The first kappa shape index (κ1) is 14.4. The second-order valence-electron chi connectivity index (χ2n) is 6.80. The Kier molecular flexibility index (Phi) is 3.20. The summed E-state index contributed by atoms with van der Waals surface area (Å²) >= 11 is 5.72. The quantitative estimate of drug-likeness (QED) is 0.752. The van der Waals surface area contributed by atoms with Crippen molar-refractivity contribution in [3.8, 4) is 0 Å². The number of hydrogen-bond donors (Lipinski definition) is 0. The van der Waals surface area contributed by atoms with Crippen LogP contribution in [-0.4, -0.2) is 18.3 Å². The van der Waals surface area contributed by atoms with E-state index in [1.165, 1.54) is 6.07 Å². The van der Waals surface area contributed by atoms with E-state index in [-0.39, 0.29) is 29.2 Å². The van der Waals surface area contributed by atoms with E-state index < -0.39 is 0 Å². The maximum absolute atomic E-state index is 13.5. The summed E-state index contributed by atoms with van der Waals surface area (Å²) in [6, 6.07) is 5.03. The van der Waals surface area contributed by atoms with Gasteiger partial charge in [-0.3, -0.25) is 0 Å². The molecule has 20 heavy (non-hydrogen) atoms. The predicted octanol–water partition coefficient (Wildman–Crippen LogP) is 4.43. The van der Waals surface area contributed by atoms with Gasteiger partial charge in [0.2, 0.25) is 0 Å². The summed E-state index contributed by atoms with van der Waals surface area (Å²) in [5.41, 5.74) is 0.359. The van der Waals surface area contributed by atoms with E-state index >= 15 is 0 Å². The van der Waals surface area contributed by atoms with Gasteiger partial charge in [0.25, 0.3) is 0 Å². The third-order valence-corrected chi connectivity index (χ3v) is 5.14. The molecule has 5 heteroatoms. The molecule has 0 aromatic heterocycles. The van der Waals surface area contributed by atoms with Crippen molar-refractivity contribution < 1.29 is 13.7 Å². The van der Waals surface area contributed by atoms with Crippen LogP contribution in [0.15, 0.2) is 18.2 Å². The average molecular weight is 297 g/mol. The molecule has 0 amide bonds. The van der Waals surface area contributed by atoms with Gasteiger partial charge in [0.15, 0.2) is 0 Å². The van der Waals surface area contributed by atoms with Crippen LogP contribution in [0.25, 0.3) is 0 Å². The van der Waals surface area contributed by atoms with Gasteiger partial charge in [-0.25, -0.2) is 4.39 Å². The summed E-state index contributed by atoms with van der Waals surface area (Å²) in [4.78, 5) is 0. The number of rotatable bonds is 2. The van der Waals surface area contributed by atoms with E-state index in [0.717, 1.165) is 12.0 Å². The van der Waals surface area contributed by atoms with Crippen molar-refractivity contribution in [2.24, 2.45) is 0 Å². The van der Waals surface area contributed by atoms with Crippen molar-refractivity contribution in [1.29, 1.82) is 0 Å². The Morgan fingerprint density at radius 3 is 2.35 bits per heavy atom. The van der Waals surface area contributed by atoms with Crippen LogP contribution in [0.4, 0.5) is 4.39 Å². The zero-order chi connectivity index (χ0) is 14.7. The fourth-order valence-corrected chi connectivity index (χ4v) is 2.82. The largest absolute Gasteiger partial charge is 0.461 e. The lowest BCUT2D eigenvalue weighted by molar-refractivity contribution is 0.00578. The molecular weight excluding hydrogens is 277 g/mol. The normalized spacial score (nSPS) is 30.6. The average Bonchev–Trinajstić information content (AvgIpc) is 3.07. The highest BCUT2D eigenvalue weighted by Crippen LogP contribution is 2.58. The molecule has 2 nitrogen and oxygen atoms in total. The molecule has 0 bridgehead atoms. The number of hydrogen-bond acceptors (Lipinski definition) is 2. The van der Waals surface area contributed by atoms with Crippen molar-refractivity contribution in [2.75, 3.05) is 0 Å². The second kappa shape index (κ2) is 4.46. The highest BCUT2D eigenvalue weighted by Gasteiger charge is 2.59. The van der Waals surface area contributed by atoms with Gasteiger partial charge in [-0.1, -0.05) is 17.7 Å². The molecule has 3 rings (SSSR count). The predicted molar refractivity (Wildman–Crippen MR) is 78.6 cm³/mol. The first-order valence-corrected chi connectivity index (χ1v) is 7.40. The Morgan fingerprint density at radius 1 is 1.20 bits per heavy atom. The van der Waals surface area contributed by atoms with E-state index in [1.807, 2.05) is 33.8 Å². The molecule has 1 aromatic rings. The molecule has 1 aliphatic carbocycles. The smallest absolute Gasteiger partial charge is 0.403 e. The topological polar surface area (TPSA) is 18.5 Å². The van der Waals surface area contributed by atoms with Crippen molar-refractivity contribution in [3.63, 3.8) is 0 Å². The Bertz CT molecular complexity index is 531. The summed E-state index contributed by atoms with van der Waals surface area (Å²) in [5.74, 6) is 0.247. The van der Waals surface area contributed by atoms with Crippen LogP contribution in [0.3, 0.4) is 0 Å². The van der Waals surface area contributed by atoms with Gasteiger partial charge in [0.1, 0.15) is 5.82 Å². The SMILES string of the molecule is CC1(C)OB([C@H]2C[C@@H]2c2ccc(Cl)c(F)c2)OC1(C)C. The van der Waals surface area contributed by atoms with Gasteiger partial charge in [0, 0.05) is 5.82 Å². The molecule has 2 atom stereocenters. The number of benzene rings is 1. The van der Waals surface area contributed by atoms with E-state index in [2.05, 4.69) is 0 Å². The van der Waals surface area contributed by atoms with Gasteiger partial charge in [-0.2, -0.15) is 0 Å². The lowest BCUT2D eigenvalue weighted by atomic mass is 9.79. The van der Waals surface area contributed by atoms with Crippen molar-refractivity contribution in [1.82, 2.24) is 0 Å². The van der Waals surface area contributed by atoms with E-state index in [4.69, 9.17) is 20.9 Å². The Morgan fingerprint density at radius 2 is 1.80 bits per heavy atom. The Balaban J connectivity index is 1.72. The maximum atomic E-state index is 13.5. The molecule has 0 unspecified atom stereocenters. The molecule has 0 radical (unpaired) electrons. The molecule has 0 N–H and O–H groups in total. The Hall–Kier alpha value is -0.575. The molecule has 1 saturated heterocycles. The van der Waals surface area contributed by atoms with E-state index in [9.17, 15) is 4.39 Å². The van der Waals surface area contributed by atoms with Crippen LogP contribution in [0.1, 0.15) is 45.6 Å². The molecule has 2 aliphatic rings. The van der Waals surface area contributed by atoms with E-state index in [1.54, 1.807) is 6.07 Å². The third-order valence-electron chi connectivity index (χ3n) is 4.83. The number of halogens is 2. The highest BCUT2D eigenvalue weighted by molar-refractivity contribution is 6.49. The summed E-state index contributed by atoms with van der Waals surface area (Å²) in [6.07, 6.45) is 0.970. The fourth-order valence-electron chi connectivity index (χ4n) is 2.71. The summed E-state index contributed by atoms with van der Waals surface area (Å²) in [7, 11) is -0.205. The van der Waals surface area contributed by atoms with Crippen molar-refractivity contribution >= 4 is 18.7 Å². The monoisotopic (exact) mass is 296 g/mol. The van der Waals surface area contributed by atoms with Crippen LogP contribution in [0.5, 0.6) is 0 Å². The molecule has 1 aliphatic heterocycles. The molecule has 1 heterocycles. The second-order valence-corrected chi connectivity index (χ2v) is 7.21. The molecule has 2 fully saturated rings. The minimum atomic E-state index is -0.358. The Labute approximate surface area is 124 Å². The highest BCUT2D eigenvalue weighted by atomic mass is 35.5. The molecule has 0 spiro atoms. The first-order valence-electron chi connectivity index (χ1n) is 7.02. The van der Waals surface area contributed by atoms with Crippen LogP contribution in [0.2, 0.25) is 10.8 Å². The van der Waals surface area contributed by atoms with Gasteiger partial charge in [-0.15, -0.1) is 0 Å². The van der Waals surface area contributed by atoms with Gasteiger partial charge >= 0.3 is 7.12 Å². The van der Waals surface area contributed by atoms with Crippen molar-refractivity contribution in [3.05, 3.63) is 34.6 Å². The van der Waals surface area contributed by atoms with E-state index in [0.29, 0.717) is 11.7 Å². The lowest BCUT2D eigenvalue weighted by Gasteiger charge is -2.32. The molecular formula is C15H19BClFO2. The zero-order valence-corrected chi connectivity index (χ0v) is 13.0. The molecule has 1 saturated carbocycles. The van der Waals surface area contributed by atoms with Crippen LogP contribution < -0.4 is 0 Å². The van der Waals surface area contributed by atoms with Crippen LogP contribution in [-0.2, 0) is 9.31 Å². The standard InChI is InChI=1S/C15H19BClFO2/c1-14(2)15(3,4)20-16(19-14)11-8-10(11)9-5-6-12(17)13(18)7-9/h5-7,10-11H,8H2,1-4H3/t10-,11+/m1/s1.